The third-order valence-electron chi connectivity index (χ3n) is 5.59. The Kier molecular flexibility index (Phi) is 6.19. The zero-order valence-corrected chi connectivity index (χ0v) is 18.5. The number of nitrogens with zero attached hydrogens (tertiary/aromatic N) is 3. The molecule has 1 saturated heterocycles. The van der Waals surface area contributed by atoms with Crippen molar-refractivity contribution in [1.82, 2.24) is 4.31 Å². The Morgan fingerprint density at radius 1 is 1.10 bits per heavy atom. The molecule has 0 saturated carbocycles. The summed E-state index contributed by atoms with van der Waals surface area (Å²) in [6.07, 6.45) is 3.22. The van der Waals surface area contributed by atoms with E-state index >= 15 is 0 Å². The minimum atomic E-state index is -3.50. The molecule has 1 amide bonds. The number of aryl methyl sites for hydroxylation is 1. The van der Waals surface area contributed by atoms with Gasteiger partial charge >= 0.3 is 0 Å². The van der Waals surface area contributed by atoms with Gasteiger partial charge in [0.1, 0.15) is 5.75 Å². The zero-order valence-electron chi connectivity index (χ0n) is 16.9. The summed E-state index contributed by atoms with van der Waals surface area (Å²) in [4.78, 5) is 14.7. The van der Waals surface area contributed by atoms with Crippen LogP contribution in [-0.4, -0.2) is 44.9 Å². The molecule has 0 aliphatic carbocycles. The van der Waals surface area contributed by atoms with Gasteiger partial charge in [0, 0.05) is 25.3 Å². The Morgan fingerprint density at radius 3 is 2.58 bits per heavy atom. The van der Waals surface area contributed by atoms with Crippen LogP contribution in [0.1, 0.15) is 30.4 Å². The lowest BCUT2D eigenvalue weighted by Crippen LogP contribution is -2.38. The molecule has 162 valence electrons. The van der Waals surface area contributed by atoms with Crippen LogP contribution in [0.15, 0.2) is 41.3 Å². The molecule has 31 heavy (non-hydrogen) atoms. The van der Waals surface area contributed by atoms with Gasteiger partial charge in [-0.1, -0.05) is 11.6 Å². The van der Waals surface area contributed by atoms with Gasteiger partial charge in [0.05, 0.1) is 21.6 Å². The van der Waals surface area contributed by atoms with Crippen LogP contribution in [0.4, 0.5) is 5.69 Å². The number of carbonyl (C=O) groups is 1. The van der Waals surface area contributed by atoms with Gasteiger partial charge in [0.25, 0.3) is 5.91 Å². The van der Waals surface area contributed by atoms with E-state index in [9.17, 15) is 13.2 Å². The molecule has 0 aromatic heterocycles. The van der Waals surface area contributed by atoms with E-state index in [0.29, 0.717) is 43.1 Å². The van der Waals surface area contributed by atoms with Gasteiger partial charge in [-0.25, -0.2) is 8.42 Å². The number of anilines is 1. The number of ether oxygens (including phenoxy) is 1. The predicted molar refractivity (Wildman–Crippen MR) is 117 cm³/mol. The number of amides is 1. The molecule has 2 heterocycles. The quantitative estimate of drug-likeness (QED) is 0.683. The summed E-state index contributed by atoms with van der Waals surface area (Å²) < 4.78 is 32.8. The number of benzene rings is 2. The van der Waals surface area contributed by atoms with Gasteiger partial charge in [-0.15, -0.1) is 0 Å². The van der Waals surface area contributed by atoms with E-state index in [-0.39, 0.29) is 22.4 Å². The average molecular weight is 460 g/mol. The molecule has 2 aliphatic heterocycles. The third-order valence-corrected chi connectivity index (χ3v) is 7.78. The molecule has 0 unspecified atom stereocenters. The summed E-state index contributed by atoms with van der Waals surface area (Å²) in [5, 5.41) is 9.18. The standard InChI is InChI=1S/C22H22ClN3O4S/c23-19-12-16(14-24)5-8-21(19)30-15-22(27)26-11-3-4-17-13-18(6-7-20(17)26)31(28,29)25-9-1-2-10-25/h5-8,12-13H,1-4,9-11,15H2. The first kappa shape index (κ1) is 21.6. The van der Waals surface area contributed by atoms with Crippen molar-refractivity contribution in [3.05, 3.63) is 52.5 Å². The van der Waals surface area contributed by atoms with E-state index in [1.165, 1.54) is 10.4 Å². The number of nitriles is 1. The monoisotopic (exact) mass is 459 g/mol. The minimum Gasteiger partial charge on any atom is -0.482 e. The van der Waals surface area contributed by atoms with Crippen molar-refractivity contribution in [3.8, 4) is 11.8 Å². The maximum Gasteiger partial charge on any atom is 0.264 e. The molecular weight excluding hydrogens is 438 g/mol. The summed E-state index contributed by atoms with van der Waals surface area (Å²) in [6, 6.07) is 11.6. The first-order valence-electron chi connectivity index (χ1n) is 10.2. The largest absolute Gasteiger partial charge is 0.482 e. The summed E-state index contributed by atoms with van der Waals surface area (Å²) in [5.41, 5.74) is 1.97. The molecule has 0 bridgehead atoms. The maximum absolute atomic E-state index is 12.9. The van der Waals surface area contributed by atoms with E-state index in [1.54, 1.807) is 35.2 Å². The Bertz CT molecular complexity index is 1150. The second-order valence-electron chi connectivity index (χ2n) is 7.60. The van der Waals surface area contributed by atoms with E-state index in [4.69, 9.17) is 21.6 Å². The summed E-state index contributed by atoms with van der Waals surface area (Å²) in [7, 11) is -3.50. The maximum atomic E-state index is 12.9. The van der Waals surface area contributed by atoms with Crippen LogP contribution in [0, 0.1) is 11.3 Å². The van der Waals surface area contributed by atoms with Gasteiger partial charge in [-0.2, -0.15) is 9.57 Å². The molecule has 9 heteroatoms. The van der Waals surface area contributed by atoms with Crippen molar-refractivity contribution in [2.45, 2.75) is 30.6 Å². The molecule has 7 nitrogen and oxygen atoms in total. The van der Waals surface area contributed by atoms with E-state index in [0.717, 1.165) is 24.8 Å². The van der Waals surface area contributed by atoms with Crippen molar-refractivity contribution in [2.75, 3.05) is 31.1 Å². The second kappa shape index (κ2) is 8.87. The number of rotatable bonds is 5. The Labute approximate surface area is 186 Å². The molecule has 0 radical (unpaired) electrons. The molecule has 0 N–H and O–H groups in total. The van der Waals surface area contributed by atoms with Gasteiger partial charge < -0.3 is 9.64 Å². The lowest BCUT2D eigenvalue weighted by atomic mass is 10.0. The zero-order chi connectivity index (χ0) is 22.0. The fourth-order valence-electron chi connectivity index (χ4n) is 3.98. The molecule has 0 atom stereocenters. The molecule has 2 aromatic carbocycles. The van der Waals surface area contributed by atoms with Gasteiger partial charge in [-0.05, 0) is 67.6 Å². The van der Waals surface area contributed by atoms with Gasteiger partial charge in [-0.3, -0.25) is 4.79 Å². The minimum absolute atomic E-state index is 0.209. The summed E-state index contributed by atoms with van der Waals surface area (Å²) in [5.74, 6) is 0.0924. The highest BCUT2D eigenvalue weighted by molar-refractivity contribution is 7.89. The van der Waals surface area contributed by atoms with Gasteiger partial charge in [0.2, 0.25) is 10.0 Å². The number of hydrogen-bond donors (Lipinski definition) is 0. The predicted octanol–water partition coefficient (Wildman–Crippen LogP) is 3.35. The highest BCUT2D eigenvalue weighted by Gasteiger charge is 2.29. The van der Waals surface area contributed by atoms with Crippen LogP contribution in [0.5, 0.6) is 5.75 Å². The molecule has 4 rings (SSSR count). The van der Waals surface area contributed by atoms with Crippen LogP contribution in [0.2, 0.25) is 5.02 Å². The highest BCUT2D eigenvalue weighted by atomic mass is 35.5. The first-order chi connectivity index (χ1) is 14.9. The Morgan fingerprint density at radius 2 is 1.87 bits per heavy atom. The molecule has 0 spiro atoms. The lowest BCUT2D eigenvalue weighted by Gasteiger charge is -2.30. The van der Waals surface area contributed by atoms with Crippen molar-refractivity contribution in [2.24, 2.45) is 0 Å². The SMILES string of the molecule is N#Cc1ccc(OCC(=O)N2CCCc3cc(S(=O)(=O)N4CCCC4)ccc32)c(Cl)c1. The fourth-order valence-corrected chi connectivity index (χ4v) is 5.78. The third kappa shape index (κ3) is 4.40. The first-order valence-corrected chi connectivity index (χ1v) is 12.0. The molecule has 2 aromatic rings. The van der Waals surface area contributed by atoms with Crippen molar-refractivity contribution >= 4 is 33.2 Å². The van der Waals surface area contributed by atoms with Crippen molar-refractivity contribution in [1.29, 1.82) is 5.26 Å². The molecule has 1 fully saturated rings. The van der Waals surface area contributed by atoms with Crippen LogP contribution in [-0.2, 0) is 21.2 Å². The summed E-state index contributed by atoms with van der Waals surface area (Å²) >= 11 is 6.11. The second-order valence-corrected chi connectivity index (χ2v) is 9.94. The lowest BCUT2D eigenvalue weighted by molar-refractivity contribution is -0.120. The number of hydrogen-bond acceptors (Lipinski definition) is 5. The Hall–Kier alpha value is -2.60. The van der Waals surface area contributed by atoms with E-state index < -0.39 is 10.0 Å². The normalized spacial score (nSPS) is 16.6. The van der Waals surface area contributed by atoms with E-state index in [1.807, 2.05) is 6.07 Å². The van der Waals surface area contributed by atoms with Crippen molar-refractivity contribution in [3.63, 3.8) is 0 Å². The number of sulfonamides is 1. The van der Waals surface area contributed by atoms with Gasteiger partial charge in [0.15, 0.2) is 6.61 Å². The Balaban J connectivity index is 1.50. The van der Waals surface area contributed by atoms with Crippen LogP contribution < -0.4 is 9.64 Å². The highest BCUT2D eigenvalue weighted by Crippen LogP contribution is 2.32. The van der Waals surface area contributed by atoms with Crippen molar-refractivity contribution < 1.29 is 17.9 Å². The average Bonchev–Trinajstić information content (AvgIpc) is 3.33. The molecule has 2 aliphatic rings. The van der Waals surface area contributed by atoms with Crippen LogP contribution >= 0.6 is 11.6 Å². The van der Waals surface area contributed by atoms with E-state index in [2.05, 4.69) is 0 Å². The fraction of sp³-hybridized carbons (Fsp3) is 0.364. The number of carbonyl (C=O) groups excluding carboxylic acids is 1. The number of halogens is 1. The van der Waals surface area contributed by atoms with Crippen LogP contribution in [0.3, 0.4) is 0 Å². The number of fused-ring (bicyclic) bond motifs is 1. The topological polar surface area (TPSA) is 90.7 Å². The smallest absolute Gasteiger partial charge is 0.264 e. The van der Waals surface area contributed by atoms with Crippen LogP contribution in [0.25, 0.3) is 0 Å². The molecular formula is C22H22ClN3O4S. The summed E-state index contributed by atoms with van der Waals surface area (Å²) in [6.45, 7) is 1.44.